The summed E-state index contributed by atoms with van der Waals surface area (Å²) in [5, 5.41) is 5.70. The van der Waals surface area contributed by atoms with Gasteiger partial charge >= 0.3 is 6.03 Å². The zero-order chi connectivity index (χ0) is 18.2. The number of aromatic nitrogens is 1. The molecule has 1 aromatic carbocycles. The number of methoxy groups -OCH3 is 3. The minimum atomic E-state index is -0.288. The zero-order valence-electron chi connectivity index (χ0n) is 14.8. The number of pyridine rings is 1. The maximum atomic E-state index is 12.2. The van der Waals surface area contributed by atoms with E-state index in [-0.39, 0.29) is 18.6 Å². The maximum absolute atomic E-state index is 12.2. The highest BCUT2D eigenvalue weighted by molar-refractivity contribution is 5.74. The van der Waals surface area contributed by atoms with Gasteiger partial charge in [-0.3, -0.25) is 4.98 Å². The third kappa shape index (κ3) is 4.76. The molecule has 0 bridgehead atoms. The average molecular weight is 345 g/mol. The van der Waals surface area contributed by atoms with Gasteiger partial charge in [0, 0.05) is 24.5 Å². The first kappa shape index (κ1) is 18.4. The first-order valence-corrected chi connectivity index (χ1v) is 7.82. The Bertz CT molecular complexity index is 682. The molecule has 134 valence electrons. The van der Waals surface area contributed by atoms with Crippen LogP contribution in [0.2, 0.25) is 0 Å². The molecule has 2 aromatic rings. The van der Waals surface area contributed by atoms with Crippen molar-refractivity contribution < 1.29 is 19.0 Å². The second-order valence-electron chi connectivity index (χ2n) is 5.34. The lowest BCUT2D eigenvalue weighted by Gasteiger charge is -2.17. The highest BCUT2D eigenvalue weighted by Crippen LogP contribution is 2.33. The zero-order valence-corrected chi connectivity index (χ0v) is 14.8. The SMILES string of the molecule is COc1cc(OC)c(CNC(=O)N[C@H](C)c2ccncc2)c(OC)c1. The quantitative estimate of drug-likeness (QED) is 0.806. The molecule has 2 N–H and O–H groups in total. The Balaban J connectivity index is 2.04. The number of rotatable bonds is 7. The number of carbonyl (C=O) groups excluding carboxylic acids is 1. The smallest absolute Gasteiger partial charge is 0.315 e. The number of hydrogen-bond donors (Lipinski definition) is 2. The van der Waals surface area contributed by atoms with Crippen molar-refractivity contribution in [3.8, 4) is 17.2 Å². The second-order valence-corrected chi connectivity index (χ2v) is 5.34. The Kier molecular flexibility index (Phi) is 6.45. The van der Waals surface area contributed by atoms with E-state index in [4.69, 9.17) is 14.2 Å². The molecule has 7 nitrogen and oxygen atoms in total. The van der Waals surface area contributed by atoms with Crippen LogP contribution in [0, 0.1) is 0 Å². The van der Waals surface area contributed by atoms with Crippen molar-refractivity contribution in [2.24, 2.45) is 0 Å². The summed E-state index contributed by atoms with van der Waals surface area (Å²) < 4.78 is 16.0. The number of nitrogens with zero attached hydrogens (tertiary/aromatic N) is 1. The molecule has 2 rings (SSSR count). The van der Waals surface area contributed by atoms with Gasteiger partial charge in [0.05, 0.1) is 39.5 Å². The maximum Gasteiger partial charge on any atom is 0.315 e. The number of urea groups is 1. The van der Waals surface area contributed by atoms with Crippen LogP contribution < -0.4 is 24.8 Å². The molecule has 25 heavy (non-hydrogen) atoms. The third-order valence-corrected chi connectivity index (χ3v) is 3.80. The summed E-state index contributed by atoms with van der Waals surface area (Å²) in [5.74, 6) is 1.78. The average Bonchev–Trinajstić information content (AvgIpc) is 2.66. The first-order chi connectivity index (χ1) is 12.1. The van der Waals surface area contributed by atoms with Crippen molar-refractivity contribution in [2.45, 2.75) is 19.5 Å². The Morgan fingerprint density at radius 1 is 1.08 bits per heavy atom. The van der Waals surface area contributed by atoms with Crippen molar-refractivity contribution in [3.63, 3.8) is 0 Å². The summed E-state index contributed by atoms with van der Waals surface area (Å²) in [4.78, 5) is 16.1. The number of hydrogen-bond acceptors (Lipinski definition) is 5. The molecular formula is C18H23N3O4. The summed E-state index contributed by atoms with van der Waals surface area (Å²) in [6.45, 7) is 2.16. The van der Waals surface area contributed by atoms with Crippen molar-refractivity contribution in [1.82, 2.24) is 15.6 Å². The van der Waals surface area contributed by atoms with Crippen LogP contribution in [0.5, 0.6) is 17.2 Å². The third-order valence-electron chi connectivity index (χ3n) is 3.80. The van der Waals surface area contributed by atoms with E-state index in [0.29, 0.717) is 17.2 Å². The van der Waals surface area contributed by atoms with E-state index in [0.717, 1.165) is 11.1 Å². The molecule has 1 aromatic heterocycles. The number of nitrogens with one attached hydrogen (secondary N) is 2. The molecule has 0 saturated carbocycles. The monoisotopic (exact) mass is 345 g/mol. The molecule has 0 aliphatic carbocycles. The van der Waals surface area contributed by atoms with Crippen molar-refractivity contribution in [2.75, 3.05) is 21.3 Å². The standard InChI is InChI=1S/C18H23N3O4/c1-12(13-5-7-19-8-6-13)21-18(22)20-11-15-16(24-3)9-14(23-2)10-17(15)25-4/h5-10,12H,11H2,1-4H3,(H2,20,21,22)/t12-/m1/s1. The highest BCUT2D eigenvalue weighted by Gasteiger charge is 2.15. The van der Waals surface area contributed by atoms with Gasteiger partial charge in [-0.2, -0.15) is 0 Å². The van der Waals surface area contributed by atoms with Gasteiger partial charge in [-0.05, 0) is 24.6 Å². The minimum Gasteiger partial charge on any atom is -0.496 e. The molecule has 1 heterocycles. The van der Waals surface area contributed by atoms with Gasteiger partial charge in [0.2, 0.25) is 0 Å². The van der Waals surface area contributed by atoms with Crippen LogP contribution in [0.3, 0.4) is 0 Å². The van der Waals surface area contributed by atoms with E-state index in [9.17, 15) is 4.79 Å². The summed E-state index contributed by atoms with van der Waals surface area (Å²) in [5.41, 5.74) is 1.71. The van der Waals surface area contributed by atoms with Crippen LogP contribution in [0.15, 0.2) is 36.7 Å². The number of amides is 2. The van der Waals surface area contributed by atoms with E-state index in [1.807, 2.05) is 19.1 Å². The lowest BCUT2D eigenvalue weighted by Crippen LogP contribution is -2.36. The summed E-state index contributed by atoms with van der Waals surface area (Å²) in [6.07, 6.45) is 3.39. The van der Waals surface area contributed by atoms with E-state index in [1.54, 1.807) is 45.9 Å². The normalized spacial score (nSPS) is 11.4. The topological polar surface area (TPSA) is 81.7 Å². The largest absolute Gasteiger partial charge is 0.496 e. The van der Waals surface area contributed by atoms with Gasteiger partial charge in [-0.25, -0.2) is 4.79 Å². The van der Waals surface area contributed by atoms with Crippen molar-refractivity contribution in [3.05, 3.63) is 47.8 Å². The summed E-state index contributed by atoms with van der Waals surface area (Å²) in [7, 11) is 4.69. The van der Waals surface area contributed by atoms with Gasteiger partial charge in [-0.15, -0.1) is 0 Å². The predicted octanol–water partition coefficient (Wildman–Crippen LogP) is 2.67. The highest BCUT2D eigenvalue weighted by atomic mass is 16.5. The van der Waals surface area contributed by atoms with E-state index in [1.165, 1.54) is 0 Å². The summed E-state index contributed by atoms with van der Waals surface area (Å²) in [6, 6.07) is 6.79. The van der Waals surface area contributed by atoms with Crippen LogP contribution in [0.4, 0.5) is 4.79 Å². The van der Waals surface area contributed by atoms with Crippen LogP contribution in [-0.4, -0.2) is 32.3 Å². The molecule has 0 fully saturated rings. The van der Waals surface area contributed by atoms with Gasteiger partial charge in [0.15, 0.2) is 0 Å². The lowest BCUT2D eigenvalue weighted by molar-refractivity contribution is 0.237. The molecule has 0 spiro atoms. The Labute approximate surface area is 147 Å². The predicted molar refractivity (Wildman–Crippen MR) is 94.1 cm³/mol. The molecule has 0 aliphatic heterocycles. The molecule has 0 radical (unpaired) electrons. The van der Waals surface area contributed by atoms with Crippen LogP contribution >= 0.6 is 0 Å². The second kappa shape index (κ2) is 8.77. The molecule has 0 saturated heterocycles. The first-order valence-electron chi connectivity index (χ1n) is 7.82. The fourth-order valence-electron chi connectivity index (χ4n) is 2.40. The van der Waals surface area contributed by atoms with E-state index < -0.39 is 0 Å². The van der Waals surface area contributed by atoms with Gasteiger partial charge in [-0.1, -0.05) is 0 Å². The Morgan fingerprint density at radius 3 is 2.20 bits per heavy atom. The van der Waals surface area contributed by atoms with Gasteiger partial charge < -0.3 is 24.8 Å². The van der Waals surface area contributed by atoms with E-state index >= 15 is 0 Å². The molecule has 0 unspecified atom stereocenters. The number of ether oxygens (including phenoxy) is 3. The molecule has 2 amide bonds. The Hall–Kier alpha value is -2.96. The Morgan fingerprint density at radius 2 is 1.68 bits per heavy atom. The molecule has 0 aliphatic rings. The number of benzene rings is 1. The lowest BCUT2D eigenvalue weighted by atomic mass is 10.1. The fourth-order valence-corrected chi connectivity index (χ4v) is 2.40. The fraction of sp³-hybridized carbons (Fsp3) is 0.333. The molecular weight excluding hydrogens is 322 g/mol. The van der Waals surface area contributed by atoms with Crippen molar-refractivity contribution >= 4 is 6.03 Å². The van der Waals surface area contributed by atoms with E-state index in [2.05, 4.69) is 15.6 Å². The molecule has 1 atom stereocenters. The molecule has 7 heteroatoms. The summed E-state index contributed by atoms with van der Waals surface area (Å²) >= 11 is 0. The van der Waals surface area contributed by atoms with Crippen LogP contribution in [0.1, 0.15) is 24.1 Å². The van der Waals surface area contributed by atoms with Gasteiger partial charge in [0.25, 0.3) is 0 Å². The van der Waals surface area contributed by atoms with Gasteiger partial charge in [0.1, 0.15) is 17.2 Å². The van der Waals surface area contributed by atoms with Crippen molar-refractivity contribution in [1.29, 1.82) is 0 Å². The minimum absolute atomic E-state index is 0.136. The van der Waals surface area contributed by atoms with Crippen LogP contribution in [-0.2, 0) is 6.54 Å². The van der Waals surface area contributed by atoms with Crippen LogP contribution in [0.25, 0.3) is 0 Å². The number of carbonyl (C=O) groups is 1.